The van der Waals surface area contributed by atoms with Gasteiger partial charge in [0.1, 0.15) is 5.75 Å². The maximum atomic E-state index is 12.7. The molecular formula is C31H28F3N7O3S. The highest BCUT2D eigenvalue weighted by molar-refractivity contribution is 8.15. The highest BCUT2D eigenvalue weighted by atomic mass is 32.2. The summed E-state index contributed by atoms with van der Waals surface area (Å²) >= 11 is 1.33. The number of alkyl halides is 3. The number of amidine groups is 1. The lowest BCUT2D eigenvalue weighted by Crippen LogP contribution is -2.30. The van der Waals surface area contributed by atoms with Crippen LogP contribution >= 0.6 is 11.8 Å². The number of hydrogen-bond acceptors (Lipinski definition) is 8. The van der Waals surface area contributed by atoms with E-state index in [2.05, 4.69) is 38.9 Å². The molecule has 1 aliphatic rings. The molecule has 0 atom stereocenters. The van der Waals surface area contributed by atoms with Gasteiger partial charge in [0.25, 0.3) is 0 Å². The summed E-state index contributed by atoms with van der Waals surface area (Å²) in [5, 5.41) is 13.5. The SMILES string of the molecule is CC(=O)N(c1ccc(OC(F)(F)F)cc1)c1nc(-c2ccc(C=NN=C3SCC(=O)N3c3ccccc3C(C)C)cc2)nn1C. The number of halogens is 3. The van der Waals surface area contributed by atoms with Crippen molar-refractivity contribution >= 4 is 52.3 Å². The first kappa shape index (κ1) is 31.4. The van der Waals surface area contributed by atoms with Crippen molar-refractivity contribution < 1.29 is 27.5 Å². The van der Waals surface area contributed by atoms with Crippen LogP contribution in [0.3, 0.4) is 0 Å². The van der Waals surface area contributed by atoms with E-state index < -0.39 is 18.0 Å². The summed E-state index contributed by atoms with van der Waals surface area (Å²) in [5.74, 6) is 0.148. The summed E-state index contributed by atoms with van der Waals surface area (Å²) in [6.07, 6.45) is -3.25. The number of nitrogens with zero attached hydrogens (tertiary/aromatic N) is 7. The van der Waals surface area contributed by atoms with Gasteiger partial charge in [-0.15, -0.1) is 23.4 Å². The third-order valence-electron chi connectivity index (χ3n) is 6.67. The van der Waals surface area contributed by atoms with E-state index in [4.69, 9.17) is 0 Å². The summed E-state index contributed by atoms with van der Waals surface area (Å²) in [5.41, 5.74) is 3.55. The topological polar surface area (TPSA) is 105 Å². The van der Waals surface area contributed by atoms with Crippen LogP contribution in [0.5, 0.6) is 5.75 Å². The summed E-state index contributed by atoms with van der Waals surface area (Å²) in [6, 6.07) is 19.8. The third-order valence-corrected chi connectivity index (χ3v) is 7.58. The van der Waals surface area contributed by atoms with Crippen molar-refractivity contribution in [1.29, 1.82) is 0 Å². The molecule has 1 fully saturated rings. The molecule has 0 saturated carbocycles. The van der Waals surface area contributed by atoms with E-state index in [1.807, 2.05) is 24.3 Å². The van der Waals surface area contributed by atoms with E-state index in [-0.39, 0.29) is 23.5 Å². The van der Waals surface area contributed by atoms with Gasteiger partial charge in [0.2, 0.25) is 17.8 Å². The van der Waals surface area contributed by atoms with Crippen LogP contribution in [0, 0.1) is 0 Å². The number of amides is 2. The predicted molar refractivity (Wildman–Crippen MR) is 168 cm³/mol. The first-order chi connectivity index (χ1) is 21.4. The van der Waals surface area contributed by atoms with Crippen LogP contribution in [0.1, 0.15) is 37.8 Å². The minimum atomic E-state index is -4.83. The van der Waals surface area contributed by atoms with Gasteiger partial charge in [-0.05, 0) is 47.4 Å². The average Bonchev–Trinajstić information content (AvgIpc) is 3.55. The van der Waals surface area contributed by atoms with Gasteiger partial charge in [-0.25, -0.2) is 9.58 Å². The Kier molecular flexibility index (Phi) is 9.04. The molecule has 14 heteroatoms. The molecule has 10 nitrogen and oxygen atoms in total. The van der Waals surface area contributed by atoms with Gasteiger partial charge in [-0.3, -0.25) is 14.5 Å². The molecule has 3 aromatic carbocycles. The zero-order valence-electron chi connectivity index (χ0n) is 24.7. The molecule has 0 bridgehead atoms. The summed E-state index contributed by atoms with van der Waals surface area (Å²) in [6.45, 7) is 5.46. The van der Waals surface area contributed by atoms with E-state index in [1.165, 1.54) is 40.4 Å². The van der Waals surface area contributed by atoms with E-state index in [9.17, 15) is 22.8 Å². The van der Waals surface area contributed by atoms with Crippen LogP contribution in [0.15, 0.2) is 83.0 Å². The maximum Gasteiger partial charge on any atom is 0.573 e. The zero-order chi connectivity index (χ0) is 32.3. The van der Waals surface area contributed by atoms with E-state index in [0.717, 1.165) is 28.9 Å². The first-order valence-electron chi connectivity index (χ1n) is 13.7. The van der Waals surface area contributed by atoms with Gasteiger partial charge < -0.3 is 4.74 Å². The second kappa shape index (κ2) is 12.9. The minimum Gasteiger partial charge on any atom is -0.406 e. The monoisotopic (exact) mass is 635 g/mol. The highest BCUT2D eigenvalue weighted by Crippen LogP contribution is 2.33. The number of hydrogen-bond donors (Lipinski definition) is 0. The second-order valence-electron chi connectivity index (χ2n) is 10.2. The predicted octanol–water partition coefficient (Wildman–Crippen LogP) is 6.66. The van der Waals surface area contributed by atoms with Gasteiger partial charge in [0, 0.05) is 19.5 Å². The molecule has 1 aromatic heterocycles. The molecule has 2 heterocycles. The number of para-hydroxylation sites is 1. The molecule has 45 heavy (non-hydrogen) atoms. The fourth-order valence-electron chi connectivity index (χ4n) is 4.64. The zero-order valence-corrected chi connectivity index (χ0v) is 25.5. The van der Waals surface area contributed by atoms with Gasteiger partial charge >= 0.3 is 6.36 Å². The van der Waals surface area contributed by atoms with Gasteiger partial charge in [0.05, 0.1) is 23.3 Å². The van der Waals surface area contributed by atoms with Crippen LogP contribution in [0.4, 0.5) is 30.5 Å². The first-order valence-corrected chi connectivity index (χ1v) is 14.7. The number of carbonyl (C=O) groups excluding carboxylic acids is 2. The van der Waals surface area contributed by atoms with E-state index >= 15 is 0 Å². The van der Waals surface area contributed by atoms with Gasteiger partial charge in [0.15, 0.2) is 11.0 Å². The second-order valence-corrected chi connectivity index (χ2v) is 11.2. The van der Waals surface area contributed by atoms with Crippen LogP contribution in [-0.4, -0.2) is 50.1 Å². The van der Waals surface area contributed by atoms with Crippen LogP contribution in [0.25, 0.3) is 11.4 Å². The Morgan fingerprint density at radius 2 is 1.76 bits per heavy atom. The van der Waals surface area contributed by atoms with E-state index in [1.54, 1.807) is 42.4 Å². The number of benzene rings is 3. The normalized spacial score (nSPS) is 14.6. The molecule has 0 radical (unpaired) electrons. The van der Waals surface area contributed by atoms with Crippen molar-refractivity contribution in [2.45, 2.75) is 33.1 Å². The molecule has 2 amide bonds. The Balaban J connectivity index is 1.33. The van der Waals surface area contributed by atoms with Crippen molar-refractivity contribution in [3.05, 3.63) is 83.9 Å². The molecule has 0 aliphatic carbocycles. The van der Waals surface area contributed by atoms with Crippen molar-refractivity contribution in [2.75, 3.05) is 15.6 Å². The summed E-state index contributed by atoms with van der Waals surface area (Å²) < 4.78 is 43.0. The van der Waals surface area contributed by atoms with Crippen LogP contribution < -0.4 is 14.5 Å². The Bertz CT molecular complexity index is 1770. The van der Waals surface area contributed by atoms with Crippen molar-refractivity contribution in [3.63, 3.8) is 0 Å². The lowest BCUT2D eigenvalue weighted by atomic mass is 10.0. The van der Waals surface area contributed by atoms with Crippen molar-refractivity contribution in [1.82, 2.24) is 14.8 Å². The molecule has 4 aromatic rings. The molecule has 1 saturated heterocycles. The number of carbonyl (C=O) groups is 2. The lowest BCUT2D eigenvalue weighted by molar-refractivity contribution is -0.274. The van der Waals surface area contributed by atoms with Crippen molar-refractivity contribution in [3.8, 4) is 17.1 Å². The summed E-state index contributed by atoms with van der Waals surface area (Å²) in [7, 11) is 1.61. The van der Waals surface area contributed by atoms with Crippen LogP contribution in [-0.2, 0) is 16.6 Å². The molecule has 0 N–H and O–H groups in total. The summed E-state index contributed by atoms with van der Waals surface area (Å²) in [4.78, 5) is 32.6. The van der Waals surface area contributed by atoms with Gasteiger partial charge in [-0.2, -0.15) is 10.1 Å². The molecular weight excluding hydrogens is 607 g/mol. The van der Waals surface area contributed by atoms with Crippen LogP contribution in [0.2, 0.25) is 0 Å². The third kappa shape index (κ3) is 7.23. The molecule has 5 rings (SSSR count). The lowest BCUT2D eigenvalue weighted by Gasteiger charge is -2.20. The molecule has 0 spiro atoms. The number of aromatic nitrogens is 3. The Morgan fingerprint density at radius 3 is 2.40 bits per heavy atom. The molecule has 0 unspecified atom stereocenters. The number of thioether (sulfide) groups is 1. The fourth-order valence-corrected chi connectivity index (χ4v) is 5.46. The van der Waals surface area contributed by atoms with Gasteiger partial charge in [-0.1, -0.05) is 68.1 Å². The Morgan fingerprint density at radius 1 is 1.07 bits per heavy atom. The number of aryl methyl sites for hydroxylation is 1. The number of anilines is 3. The average molecular weight is 636 g/mol. The van der Waals surface area contributed by atoms with E-state index in [0.29, 0.717) is 22.2 Å². The Hall–Kier alpha value is -4.98. The highest BCUT2D eigenvalue weighted by Gasteiger charge is 2.32. The minimum absolute atomic E-state index is 0.0514. The standard InChI is InChI=1S/C31H28F3N7O3S/c1-19(2)25-7-5-6-8-26(25)41-27(43)18-45-30(41)37-35-17-21-9-11-22(12-10-21)28-36-29(39(4)38-28)40(20(3)42)23-13-15-24(16-14-23)44-31(32,33)34/h5-17,19H,18H2,1-4H3. The molecule has 232 valence electrons. The largest absolute Gasteiger partial charge is 0.573 e. The fraction of sp³-hybridized carbons (Fsp3) is 0.226. The van der Waals surface area contributed by atoms with Crippen molar-refractivity contribution in [2.24, 2.45) is 17.3 Å². The Labute approximate surface area is 261 Å². The number of ether oxygens (including phenoxy) is 1. The maximum absolute atomic E-state index is 12.7. The molecule has 1 aliphatic heterocycles. The number of rotatable bonds is 8. The smallest absolute Gasteiger partial charge is 0.406 e. The quantitative estimate of drug-likeness (QED) is 0.158.